The van der Waals surface area contributed by atoms with Gasteiger partial charge in [-0.2, -0.15) is 0 Å². The lowest BCUT2D eigenvalue weighted by atomic mass is 9.72. The van der Waals surface area contributed by atoms with Crippen molar-refractivity contribution in [2.75, 3.05) is 26.2 Å². The van der Waals surface area contributed by atoms with E-state index in [4.69, 9.17) is 4.74 Å². The Balaban J connectivity index is 1.41. The Morgan fingerprint density at radius 3 is 2.58 bits per heavy atom. The van der Waals surface area contributed by atoms with E-state index in [0.29, 0.717) is 30.6 Å². The number of amides is 1. The highest BCUT2D eigenvalue weighted by atomic mass is 16.5. The number of carbonyl (C=O) groups is 1. The Bertz CT molecular complexity index is 453. The van der Waals surface area contributed by atoms with Gasteiger partial charge in [-0.25, -0.2) is 0 Å². The highest BCUT2D eigenvalue weighted by molar-refractivity contribution is 5.79. The summed E-state index contributed by atoms with van der Waals surface area (Å²) in [5.41, 5.74) is 0. The Morgan fingerprint density at radius 2 is 1.71 bits per heavy atom. The van der Waals surface area contributed by atoms with Gasteiger partial charge in [-0.3, -0.25) is 9.69 Å². The first kappa shape index (κ1) is 16.8. The van der Waals surface area contributed by atoms with Crippen molar-refractivity contribution in [3.8, 4) is 0 Å². The monoisotopic (exact) mass is 334 g/mol. The van der Waals surface area contributed by atoms with Crippen LogP contribution < -0.4 is 0 Å². The fraction of sp³-hybridized carbons (Fsp3) is 0.950. The third kappa shape index (κ3) is 3.24. The van der Waals surface area contributed by atoms with E-state index >= 15 is 0 Å². The summed E-state index contributed by atoms with van der Waals surface area (Å²) in [5.74, 6) is 2.04. The van der Waals surface area contributed by atoms with Crippen LogP contribution in [0.15, 0.2) is 0 Å². The molecule has 4 heteroatoms. The molecule has 5 atom stereocenters. The summed E-state index contributed by atoms with van der Waals surface area (Å²) in [5, 5.41) is 0. The van der Waals surface area contributed by atoms with Crippen molar-refractivity contribution in [3.05, 3.63) is 0 Å². The van der Waals surface area contributed by atoms with Crippen molar-refractivity contribution in [2.45, 2.75) is 82.9 Å². The summed E-state index contributed by atoms with van der Waals surface area (Å²) < 4.78 is 5.94. The molecule has 2 heterocycles. The topological polar surface area (TPSA) is 32.8 Å². The van der Waals surface area contributed by atoms with Gasteiger partial charge in [0.1, 0.15) is 0 Å². The van der Waals surface area contributed by atoms with Gasteiger partial charge >= 0.3 is 0 Å². The van der Waals surface area contributed by atoms with Crippen LogP contribution in [0, 0.1) is 11.8 Å². The van der Waals surface area contributed by atoms with Crippen LogP contribution in [0.5, 0.6) is 0 Å². The number of hydrogen-bond acceptors (Lipinski definition) is 3. The van der Waals surface area contributed by atoms with E-state index in [1.807, 2.05) is 0 Å². The van der Waals surface area contributed by atoms with E-state index in [2.05, 4.69) is 16.7 Å². The number of fused-ring (bicyclic) bond motifs is 2. The SMILES string of the molecule is C[C@@H]1CCN(CC(=O)N2CCO[C@@H]3CCCC[C@@H]32)[C@@H]2CCCC[C@@H]12. The highest BCUT2D eigenvalue weighted by Crippen LogP contribution is 2.39. The summed E-state index contributed by atoms with van der Waals surface area (Å²) in [4.78, 5) is 17.8. The van der Waals surface area contributed by atoms with E-state index in [-0.39, 0.29) is 0 Å². The lowest BCUT2D eigenvalue weighted by molar-refractivity contribution is -0.152. The third-order valence-corrected chi connectivity index (χ3v) is 7.24. The zero-order valence-electron chi connectivity index (χ0n) is 15.3. The molecule has 136 valence electrons. The fourth-order valence-electron chi connectivity index (χ4n) is 5.87. The summed E-state index contributed by atoms with van der Waals surface area (Å²) in [7, 11) is 0. The first-order valence-corrected chi connectivity index (χ1v) is 10.4. The summed E-state index contributed by atoms with van der Waals surface area (Å²) >= 11 is 0. The van der Waals surface area contributed by atoms with Gasteiger partial charge in [0, 0.05) is 12.6 Å². The molecule has 0 spiro atoms. The van der Waals surface area contributed by atoms with Crippen molar-refractivity contribution < 1.29 is 9.53 Å². The lowest BCUT2D eigenvalue weighted by Gasteiger charge is -2.49. The van der Waals surface area contributed by atoms with Crippen molar-refractivity contribution in [2.24, 2.45) is 11.8 Å². The predicted octanol–water partition coefficient (Wildman–Crippen LogP) is 3.06. The van der Waals surface area contributed by atoms with E-state index in [1.54, 1.807) is 0 Å². The summed E-state index contributed by atoms with van der Waals surface area (Å²) in [6.07, 6.45) is 11.8. The quantitative estimate of drug-likeness (QED) is 0.778. The van der Waals surface area contributed by atoms with E-state index < -0.39 is 0 Å². The molecule has 24 heavy (non-hydrogen) atoms. The Kier molecular flexibility index (Phi) is 5.14. The van der Waals surface area contributed by atoms with Gasteiger partial charge in [-0.1, -0.05) is 32.6 Å². The number of rotatable bonds is 2. The third-order valence-electron chi connectivity index (χ3n) is 7.24. The van der Waals surface area contributed by atoms with Crippen LogP contribution in [-0.2, 0) is 9.53 Å². The second kappa shape index (κ2) is 7.33. The van der Waals surface area contributed by atoms with Crippen molar-refractivity contribution in [3.63, 3.8) is 0 Å². The Hall–Kier alpha value is -0.610. The molecule has 0 aromatic rings. The van der Waals surface area contributed by atoms with Crippen LogP contribution in [-0.4, -0.2) is 60.1 Å². The Morgan fingerprint density at radius 1 is 0.958 bits per heavy atom. The standard InChI is InChI=1S/C20H34N2O2/c1-15-10-11-21(17-7-3-2-6-16(15)17)14-20(23)22-12-13-24-19-9-5-4-8-18(19)22/h15-19H,2-14H2,1H3/t15-,16+,17-,18+,19-/m1/s1. The van der Waals surface area contributed by atoms with E-state index in [9.17, 15) is 4.79 Å². The zero-order chi connectivity index (χ0) is 16.5. The number of morpholine rings is 1. The van der Waals surface area contributed by atoms with Gasteiger partial charge in [-0.05, 0) is 50.5 Å². The minimum Gasteiger partial charge on any atom is -0.374 e. The minimum absolute atomic E-state index is 0.306. The molecule has 0 unspecified atom stereocenters. The molecule has 4 fully saturated rings. The maximum atomic E-state index is 13.1. The summed E-state index contributed by atoms with van der Waals surface area (Å²) in [6, 6.07) is 1.01. The molecular formula is C20H34N2O2. The molecule has 2 saturated heterocycles. The van der Waals surface area contributed by atoms with E-state index in [0.717, 1.165) is 44.4 Å². The molecule has 0 radical (unpaired) electrons. The van der Waals surface area contributed by atoms with Crippen molar-refractivity contribution in [1.82, 2.24) is 9.80 Å². The second-order valence-electron chi connectivity index (χ2n) is 8.60. The van der Waals surface area contributed by atoms with Gasteiger partial charge in [0.15, 0.2) is 0 Å². The molecule has 4 nitrogen and oxygen atoms in total. The van der Waals surface area contributed by atoms with Gasteiger partial charge in [-0.15, -0.1) is 0 Å². The normalized spacial score (nSPS) is 40.7. The summed E-state index contributed by atoms with van der Waals surface area (Å²) in [6.45, 7) is 5.73. The number of piperidine rings is 1. The van der Waals surface area contributed by atoms with Crippen LogP contribution in [0.3, 0.4) is 0 Å². The second-order valence-corrected chi connectivity index (χ2v) is 8.60. The number of likely N-dealkylation sites (tertiary alicyclic amines) is 1. The van der Waals surface area contributed by atoms with Crippen molar-refractivity contribution >= 4 is 5.91 Å². The Labute approximate surface area is 146 Å². The fourth-order valence-corrected chi connectivity index (χ4v) is 5.87. The first-order valence-electron chi connectivity index (χ1n) is 10.4. The maximum Gasteiger partial charge on any atom is 0.237 e. The number of hydrogen-bond donors (Lipinski definition) is 0. The maximum absolute atomic E-state index is 13.1. The predicted molar refractivity (Wildman–Crippen MR) is 94.8 cm³/mol. The molecule has 0 N–H and O–H groups in total. The molecular weight excluding hydrogens is 300 g/mol. The zero-order valence-corrected chi connectivity index (χ0v) is 15.3. The largest absolute Gasteiger partial charge is 0.374 e. The van der Waals surface area contributed by atoms with Gasteiger partial charge in [0.25, 0.3) is 0 Å². The minimum atomic E-state index is 0.306. The van der Waals surface area contributed by atoms with Crippen LogP contribution in [0.25, 0.3) is 0 Å². The molecule has 0 bridgehead atoms. The van der Waals surface area contributed by atoms with Gasteiger partial charge in [0.2, 0.25) is 5.91 Å². The van der Waals surface area contributed by atoms with Crippen LogP contribution in [0.4, 0.5) is 0 Å². The number of nitrogens with zero attached hydrogens (tertiary/aromatic N) is 2. The van der Waals surface area contributed by atoms with Crippen molar-refractivity contribution in [1.29, 1.82) is 0 Å². The van der Waals surface area contributed by atoms with Crippen LogP contribution in [0.2, 0.25) is 0 Å². The van der Waals surface area contributed by atoms with E-state index in [1.165, 1.54) is 44.9 Å². The number of carbonyl (C=O) groups excluding carboxylic acids is 1. The molecule has 0 aromatic carbocycles. The average Bonchev–Trinajstić information content (AvgIpc) is 2.64. The molecule has 2 aliphatic carbocycles. The smallest absolute Gasteiger partial charge is 0.237 e. The first-order chi connectivity index (χ1) is 11.7. The molecule has 4 rings (SSSR count). The number of ether oxygens (including phenoxy) is 1. The lowest BCUT2D eigenvalue weighted by Crippen LogP contribution is -2.59. The van der Waals surface area contributed by atoms with Gasteiger partial charge < -0.3 is 9.64 Å². The molecule has 4 aliphatic rings. The van der Waals surface area contributed by atoms with Crippen LogP contribution >= 0.6 is 0 Å². The average molecular weight is 335 g/mol. The molecule has 2 aliphatic heterocycles. The highest BCUT2D eigenvalue weighted by Gasteiger charge is 2.41. The molecule has 1 amide bonds. The molecule has 2 saturated carbocycles. The molecule has 0 aromatic heterocycles. The van der Waals surface area contributed by atoms with Gasteiger partial charge in [0.05, 0.1) is 25.3 Å². The van der Waals surface area contributed by atoms with Crippen LogP contribution in [0.1, 0.15) is 64.7 Å².